The van der Waals surface area contributed by atoms with Gasteiger partial charge >= 0.3 is 11.9 Å². The number of hydrogen-bond acceptors (Lipinski definition) is 27. The molecule has 15 N–H and O–H groups in total. The Morgan fingerprint density at radius 3 is 1.70 bits per heavy atom. The molecule has 4 aliphatic heterocycles. The van der Waals surface area contributed by atoms with E-state index in [4.69, 9.17) is 47.4 Å². The Balaban J connectivity index is 1.11. The largest absolute Gasteiger partial charge is 0.508 e. The first kappa shape index (κ1) is 57.7. The fourth-order valence-corrected chi connectivity index (χ4v) is 8.58. The molecule has 79 heavy (non-hydrogen) atoms. The molecule has 0 aromatic heterocycles. The first-order chi connectivity index (χ1) is 37.6. The average Bonchev–Trinajstić information content (AvgIpc) is 3.43. The maximum atomic E-state index is 13.0. The lowest BCUT2D eigenvalue weighted by molar-refractivity contribution is -0.364. The molecule has 0 saturated carbocycles. The fraction of sp³-hybridized carbons (Fsp3) is 0.385. The molecule has 4 aliphatic rings. The third kappa shape index (κ3) is 13.0. The predicted octanol–water partition coefficient (Wildman–Crippen LogP) is -1.25. The van der Waals surface area contributed by atoms with Gasteiger partial charge in [-0.2, -0.15) is 0 Å². The molecule has 16 atom stereocenters. The summed E-state index contributed by atoms with van der Waals surface area (Å²) in [6.07, 6.45) is -24.7. The molecule has 4 aromatic carbocycles. The number of phenols is 6. The van der Waals surface area contributed by atoms with Crippen LogP contribution in [0, 0.1) is 0 Å². The molecule has 0 radical (unpaired) electrons. The SMILES string of the molecule is COc1cc(/C=C/C(=O)OC[C@H]2O[C@@H](O[C@H]3[C@@H](OC4=Cc5c(cc(O)cc5O[C@@H]5O[C@H](CO)[C@@H](O)[C@H](O)[C@H]5O)OC4c4ccc(O)c(O)c4)O[C@H](COC(=O)/C=C/c4ccc(O)c(O)c4)[C@@H](O)[C@@H]3O)[C@H](O)[C@@H](O)[C@@H]2O)ccc1O. The molecule has 1 unspecified atom stereocenters. The van der Waals surface area contributed by atoms with Crippen LogP contribution in [0.1, 0.15) is 28.4 Å². The lowest BCUT2D eigenvalue weighted by Crippen LogP contribution is -2.64. The molecule has 0 spiro atoms. The zero-order valence-electron chi connectivity index (χ0n) is 41.2. The molecule has 0 amide bonds. The first-order valence-electron chi connectivity index (χ1n) is 24.0. The molecular formula is C52H56O27. The van der Waals surface area contributed by atoms with E-state index in [1.807, 2.05) is 0 Å². The van der Waals surface area contributed by atoms with Crippen LogP contribution in [-0.2, 0) is 42.7 Å². The van der Waals surface area contributed by atoms with Gasteiger partial charge in [-0.1, -0.05) is 18.2 Å². The Labute approximate surface area is 446 Å². The van der Waals surface area contributed by atoms with Crippen LogP contribution < -0.4 is 14.2 Å². The number of esters is 2. The van der Waals surface area contributed by atoms with Gasteiger partial charge in [-0.25, -0.2) is 9.59 Å². The van der Waals surface area contributed by atoms with Gasteiger partial charge in [-0.15, -0.1) is 0 Å². The number of aliphatic hydroxyl groups excluding tert-OH is 9. The number of phenolic OH excluding ortho intramolecular Hbond substituents is 6. The second kappa shape index (κ2) is 24.7. The summed E-state index contributed by atoms with van der Waals surface area (Å²) in [6.45, 7) is -2.43. The number of ether oxygens (including phenoxy) is 10. The lowest BCUT2D eigenvalue weighted by Gasteiger charge is -2.46. The van der Waals surface area contributed by atoms with Crippen molar-refractivity contribution in [2.45, 2.75) is 98.2 Å². The van der Waals surface area contributed by atoms with E-state index >= 15 is 0 Å². The van der Waals surface area contributed by atoms with E-state index in [1.54, 1.807) is 0 Å². The highest BCUT2D eigenvalue weighted by atomic mass is 16.8. The molecule has 0 bridgehead atoms. The van der Waals surface area contributed by atoms with Gasteiger partial charge in [0.25, 0.3) is 0 Å². The van der Waals surface area contributed by atoms with Gasteiger partial charge in [0, 0.05) is 29.8 Å². The molecule has 27 heteroatoms. The van der Waals surface area contributed by atoms with Crippen molar-refractivity contribution in [3.63, 3.8) is 0 Å². The first-order valence-corrected chi connectivity index (χ1v) is 24.0. The number of hydrogen-bond donors (Lipinski definition) is 15. The van der Waals surface area contributed by atoms with Gasteiger partial charge in [-0.05, 0) is 65.8 Å². The smallest absolute Gasteiger partial charge is 0.330 e. The molecular weight excluding hydrogens is 1060 g/mol. The Kier molecular flexibility index (Phi) is 18.0. The molecule has 4 aromatic rings. The Morgan fingerprint density at radius 2 is 1.09 bits per heavy atom. The second-order valence-electron chi connectivity index (χ2n) is 18.3. The van der Waals surface area contributed by atoms with Crippen molar-refractivity contribution in [3.05, 3.63) is 107 Å². The van der Waals surface area contributed by atoms with E-state index in [-0.39, 0.29) is 45.4 Å². The number of benzene rings is 4. The van der Waals surface area contributed by atoms with Crippen molar-refractivity contribution in [2.24, 2.45) is 0 Å². The summed E-state index contributed by atoms with van der Waals surface area (Å²) < 4.78 is 57.8. The van der Waals surface area contributed by atoms with Crippen LogP contribution in [0.3, 0.4) is 0 Å². The van der Waals surface area contributed by atoms with Crippen molar-refractivity contribution in [1.29, 1.82) is 0 Å². The highest BCUT2D eigenvalue weighted by molar-refractivity contribution is 5.87. The van der Waals surface area contributed by atoms with Crippen LogP contribution in [0.25, 0.3) is 18.2 Å². The molecule has 27 nitrogen and oxygen atoms in total. The quantitative estimate of drug-likeness (QED) is 0.0334. The van der Waals surface area contributed by atoms with Crippen molar-refractivity contribution in [3.8, 4) is 51.7 Å². The van der Waals surface area contributed by atoms with E-state index in [2.05, 4.69) is 0 Å². The highest BCUT2D eigenvalue weighted by Crippen LogP contribution is 2.47. The summed E-state index contributed by atoms with van der Waals surface area (Å²) in [4.78, 5) is 25.8. The number of aliphatic hydroxyl groups is 9. The van der Waals surface area contributed by atoms with Crippen LogP contribution in [0.15, 0.2) is 84.6 Å². The average molecular weight is 1110 g/mol. The van der Waals surface area contributed by atoms with E-state index < -0.39 is 159 Å². The molecule has 3 fully saturated rings. The number of methoxy groups -OCH3 is 1. The second-order valence-corrected chi connectivity index (χ2v) is 18.3. The molecule has 8 rings (SSSR count). The van der Waals surface area contributed by atoms with Crippen LogP contribution in [0.2, 0.25) is 0 Å². The molecule has 0 aliphatic carbocycles. The minimum Gasteiger partial charge on any atom is -0.508 e. The summed E-state index contributed by atoms with van der Waals surface area (Å²) in [5.74, 6) is -5.60. The zero-order valence-corrected chi connectivity index (χ0v) is 41.2. The monoisotopic (exact) mass is 1110 g/mol. The van der Waals surface area contributed by atoms with Gasteiger partial charge in [0.05, 0.1) is 19.3 Å². The number of carbonyl (C=O) groups is 2. The maximum absolute atomic E-state index is 13.0. The zero-order chi connectivity index (χ0) is 57.0. The fourth-order valence-electron chi connectivity index (χ4n) is 8.58. The summed E-state index contributed by atoms with van der Waals surface area (Å²) in [5.41, 5.74) is 0.587. The molecule has 3 saturated heterocycles. The van der Waals surface area contributed by atoms with Gasteiger partial charge in [0.2, 0.25) is 12.6 Å². The number of fused-ring (bicyclic) bond motifs is 1. The standard InChI is InChI=1S/C52H56O27/c1-70-33-13-22(3-8-28(33)57)5-11-39(61)71-19-36-41(63)44(66)47(69)51(77-36)79-49-45(67)42(64)37(20-72-38(60)10-4-21-2-7-26(55)29(58)12-21)78-52(49)75-34-17-25-31(73-48(34)23-6-9-27(56)30(59)14-23)15-24(54)16-32(25)74-50-46(68)43(65)40(62)35(18-53)76-50/h2-17,35-37,40-59,62-69H,18-20H2,1H3/b10-4+,11-5+/t35-,36-,37-,40-,41-,42-,43+,44+,45+,46-,47-,48?,49-,50-,51+,52+/m1/s1. The lowest BCUT2D eigenvalue weighted by atomic mass is 9.97. The summed E-state index contributed by atoms with van der Waals surface area (Å²) in [5, 5.41) is 159. The van der Waals surface area contributed by atoms with E-state index in [0.717, 1.165) is 42.5 Å². The van der Waals surface area contributed by atoms with E-state index in [0.29, 0.717) is 5.56 Å². The third-order valence-electron chi connectivity index (χ3n) is 12.9. The predicted molar refractivity (Wildman–Crippen MR) is 261 cm³/mol. The van der Waals surface area contributed by atoms with Crippen molar-refractivity contribution >= 4 is 30.2 Å². The summed E-state index contributed by atoms with van der Waals surface area (Å²) >= 11 is 0. The Morgan fingerprint density at radius 1 is 0.544 bits per heavy atom. The minimum absolute atomic E-state index is 0.0261. The summed E-state index contributed by atoms with van der Waals surface area (Å²) in [7, 11) is 1.32. The van der Waals surface area contributed by atoms with Crippen LogP contribution in [0.4, 0.5) is 0 Å². The number of aromatic hydroxyl groups is 6. The number of carbonyl (C=O) groups excluding carboxylic acids is 2. The van der Waals surface area contributed by atoms with Crippen molar-refractivity contribution < 1.29 is 134 Å². The van der Waals surface area contributed by atoms with E-state index in [9.17, 15) is 86.2 Å². The van der Waals surface area contributed by atoms with Crippen molar-refractivity contribution in [1.82, 2.24) is 0 Å². The molecule has 4 heterocycles. The van der Waals surface area contributed by atoms with Crippen molar-refractivity contribution in [2.75, 3.05) is 26.9 Å². The minimum atomic E-state index is -2.17. The van der Waals surface area contributed by atoms with Crippen LogP contribution in [-0.4, -0.2) is 208 Å². The van der Waals surface area contributed by atoms with Crippen LogP contribution in [0.5, 0.6) is 51.7 Å². The Bertz CT molecular complexity index is 2910. The van der Waals surface area contributed by atoms with Gasteiger partial charge in [0.1, 0.15) is 103 Å². The molecule has 426 valence electrons. The van der Waals surface area contributed by atoms with Gasteiger partial charge < -0.3 is 124 Å². The van der Waals surface area contributed by atoms with Crippen LogP contribution >= 0.6 is 0 Å². The van der Waals surface area contributed by atoms with E-state index in [1.165, 1.54) is 61.7 Å². The highest BCUT2D eigenvalue weighted by Gasteiger charge is 2.53. The normalized spacial score (nSPS) is 30.7. The summed E-state index contributed by atoms with van der Waals surface area (Å²) in [6, 6.07) is 13.5. The van der Waals surface area contributed by atoms with Gasteiger partial charge in [-0.3, -0.25) is 0 Å². The topological polar surface area (TPSA) is 430 Å². The Hall–Kier alpha value is -7.48. The third-order valence-corrected chi connectivity index (χ3v) is 12.9. The number of rotatable bonds is 17. The maximum Gasteiger partial charge on any atom is 0.330 e. The van der Waals surface area contributed by atoms with Gasteiger partial charge in [0.15, 0.2) is 53.0 Å².